The zero-order chi connectivity index (χ0) is 39.4. The summed E-state index contributed by atoms with van der Waals surface area (Å²) in [6.45, 7) is 10.7. The molecule has 7 rings (SSSR count). The van der Waals surface area contributed by atoms with Gasteiger partial charge in [0.1, 0.15) is 51.8 Å². The minimum absolute atomic E-state index is 0.0740. The summed E-state index contributed by atoms with van der Waals surface area (Å²) in [5, 5.41) is 78.2. The van der Waals surface area contributed by atoms with E-state index in [-0.39, 0.29) is 74.4 Å². The van der Waals surface area contributed by atoms with Crippen LogP contribution in [-0.2, 0) is 14.9 Å². The molecule has 4 aromatic rings. The summed E-state index contributed by atoms with van der Waals surface area (Å²) < 4.78 is 33.9. The monoisotopic (exact) mass is 758 g/mol. The molecule has 3 aliphatic rings. The molecule has 7 N–H and O–H groups in total. The highest BCUT2D eigenvalue weighted by Gasteiger charge is 2.65. The van der Waals surface area contributed by atoms with Crippen molar-refractivity contribution in [1.29, 1.82) is 0 Å². The minimum atomic E-state index is -4.46. The average molecular weight is 759 g/mol. The van der Waals surface area contributed by atoms with Crippen LogP contribution in [0.2, 0.25) is 0 Å². The SMILES string of the molecule is C[C@H]1c2cc(c(O)cc2O)[C@@H](C)c2cc(c(O)cc2O)[C@@H](C)c2cc(c(O)cc2OS(=O)(=O)C[C@]23CC[C@H](CC2=O)C3(C)C)[C@@H](C)c2cc1c(O)cc2O. The predicted octanol–water partition coefficient (Wildman–Crippen LogP) is 7.65. The highest BCUT2D eigenvalue weighted by molar-refractivity contribution is 7.87. The van der Waals surface area contributed by atoms with E-state index in [2.05, 4.69) is 0 Å². The molecule has 0 aliphatic heterocycles. The number of carbonyl (C=O) groups excluding carboxylic acids is 1. The average Bonchev–Trinajstić information content (AvgIpc) is 3.41. The molecule has 54 heavy (non-hydrogen) atoms. The second-order valence-electron chi connectivity index (χ2n) is 16.2. The molecule has 11 nitrogen and oxygen atoms in total. The number of benzene rings is 4. The van der Waals surface area contributed by atoms with Crippen molar-refractivity contribution in [3.8, 4) is 46.0 Å². The maximum Gasteiger partial charge on any atom is 0.310 e. The van der Waals surface area contributed by atoms with E-state index < -0.39 is 50.4 Å². The summed E-state index contributed by atoms with van der Waals surface area (Å²) in [6.07, 6.45) is 1.47. The van der Waals surface area contributed by atoms with Gasteiger partial charge in [-0.15, -0.1) is 0 Å². The Morgan fingerprint density at radius 1 is 0.574 bits per heavy atom. The Hall–Kier alpha value is -5.10. The van der Waals surface area contributed by atoms with Gasteiger partial charge in [-0.25, -0.2) is 0 Å². The molecule has 12 heteroatoms. The maximum atomic E-state index is 14.0. The first-order valence-electron chi connectivity index (χ1n) is 18.2. The third-order valence-corrected chi connectivity index (χ3v) is 14.5. The van der Waals surface area contributed by atoms with Crippen LogP contribution in [0.15, 0.2) is 48.5 Å². The molecule has 6 atom stereocenters. The van der Waals surface area contributed by atoms with Gasteiger partial charge in [-0.2, -0.15) is 8.42 Å². The number of hydrogen-bond acceptors (Lipinski definition) is 11. The lowest BCUT2D eigenvalue weighted by atomic mass is 9.70. The van der Waals surface area contributed by atoms with Crippen molar-refractivity contribution in [2.24, 2.45) is 16.7 Å². The first kappa shape index (κ1) is 37.2. The van der Waals surface area contributed by atoms with Gasteiger partial charge in [-0.3, -0.25) is 4.79 Å². The Balaban J connectivity index is 1.45. The first-order chi connectivity index (χ1) is 25.2. The molecule has 0 heterocycles. The van der Waals surface area contributed by atoms with E-state index in [0.29, 0.717) is 40.7 Å². The number of carbonyl (C=O) groups is 1. The molecular formula is C42H46O11S. The lowest BCUT2D eigenvalue weighted by molar-refractivity contribution is -0.128. The van der Waals surface area contributed by atoms with E-state index in [9.17, 15) is 49.0 Å². The molecule has 2 fully saturated rings. The van der Waals surface area contributed by atoms with Crippen molar-refractivity contribution in [2.75, 3.05) is 5.75 Å². The van der Waals surface area contributed by atoms with E-state index in [1.165, 1.54) is 18.2 Å². The van der Waals surface area contributed by atoms with Gasteiger partial charge in [0.15, 0.2) is 0 Å². The van der Waals surface area contributed by atoms with Crippen LogP contribution >= 0.6 is 0 Å². The number of phenolic OH excluding ortho intramolecular Hbond substituents is 7. The summed E-state index contributed by atoms with van der Waals surface area (Å²) in [5.41, 5.74) is 0.697. The standard InChI is InChI=1S/C42H46O11S/c1-19-24-10-25(33(44)14-32(24)43)20(2)28-12-29(37(48)16-36(28)47)22(4)31-13-30(21(3)27-11-26(19)34(45)15-35(27)46)38(49)17-39(31)53-54(51,52)18-42-8-7-23(9-40(42)50)41(42,5)6/h10-17,19-23,43-49H,7-9,18H2,1-6H3/t19-,20+,21-,22+,23+,42+/m0/s1. The fourth-order valence-corrected chi connectivity index (χ4v) is 11.3. The molecule has 0 aromatic heterocycles. The largest absolute Gasteiger partial charge is 0.508 e. The van der Waals surface area contributed by atoms with Crippen LogP contribution in [0.25, 0.3) is 0 Å². The van der Waals surface area contributed by atoms with Gasteiger partial charge < -0.3 is 39.9 Å². The molecule has 0 saturated heterocycles. The molecule has 4 aromatic carbocycles. The molecule has 2 saturated carbocycles. The summed E-state index contributed by atoms with van der Waals surface area (Å²) in [7, 11) is -4.46. The lowest BCUT2D eigenvalue weighted by Crippen LogP contribution is -2.43. The number of aromatic hydroxyl groups is 7. The van der Waals surface area contributed by atoms with E-state index in [1.807, 2.05) is 13.8 Å². The van der Waals surface area contributed by atoms with Crippen LogP contribution in [0.5, 0.6) is 46.0 Å². The van der Waals surface area contributed by atoms with Crippen LogP contribution < -0.4 is 4.18 Å². The third-order valence-electron chi connectivity index (χ3n) is 13.2. The Bertz CT molecular complexity index is 2340. The zero-order valence-electron chi connectivity index (χ0n) is 31.0. The summed E-state index contributed by atoms with van der Waals surface area (Å²) in [6, 6.07) is 10.9. The molecule has 286 valence electrons. The smallest absolute Gasteiger partial charge is 0.310 e. The second-order valence-corrected chi connectivity index (χ2v) is 17.8. The Morgan fingerprint density at radius 2 is 0.907 bits per heavy atom. The number of fused-ring (bicyclic) bond motifs is 10. The van der Waals surface area contributed by atoms with Crippen molar-refractivity contribution in [2.45, 2.75) is 84.5 Å². The third kappa shape index (κ3) is 5.59. The number of ketones is 1. The number of rotatable bonds is 4. The molecule has 0 amide bonds. The summed E-state index contributed by atoms with van der Waals surface area (Å²) >= 11 is 0. The number of Topliss-reactive ketones (excluding diaryl/α,β-unsaturated/α-hetero) is 1. The Morgan fingerprint density at radius 3 is 1.24 bits per heavy atom. The molecular weight excluding hydrogens is 713 g/mol. The van der Waals surface area contributed by atoms with Gasteiger partial charge in [-0.1, -0.05) is 41.5 Å². The van der Waals surface area contributed by atoms with Gasteiger partial charge in [0, 0.05) is 98.9 Å². The number of hydrogen-bond donors (Lipinski definition) is 7. The van der Waals surface area contributed by atoms with Gasteiger partial charge in [0.25, 0.3) is 0 Å². The molecule has 3 aliphatic carbocycles. The van der Waals surface area contributed by atoms with E-state index in [0.717, 1.165) is 12.5 Å². The van der Waals surface area contributed by atoms with E-state index in [4.69, 9.17) is 4.18 Å². The first-order valence-corrected chi connectivity index (χ1v) is 19.7. The van der Waals surface area contributed by atoms with Gasteiger partial charge >= 0.3 is 10.1 Å². The summed E-state index contributed by atoms with van der Waals surface area (Å²) in [5.74, 6) is -5.79. The Kier molecular flexibility index (Phi) is 8.60. The predicted molar refractivity (Wildman–Crippen MR) is 200 cm³/mol. The quantitative estimate of drug-likeness (QED) is 0.101. The van der Waals surface area contributed by atoms with E-state index in [1.54, 1.807) is 52.0 Å². The van der Waals surface area contributed by atoms with Gasteiger partial charge in [0.2, 0.25) is 0 Å². The van der Waals surface area contributed by atoms with Crippen LogP contribution in [0.1, 0.15) is 129 Å². The molecule has 0 radical (unpaired) electrons. The van der Waals surface area contributed by atoms with Crippen LogP contribution in [0.3, 0.4) is 0 Å². The van der Waals surface area contributed by atoms with Crippen molar-refractivity contribution in [1.82, 2.24) is 0 Å². The minimum Gasteiger partial charge on any atom is -0.508 e. The molecule has 0 unspecified atom stereocenters. The zero-order valence-corrected chi connectivity index (χ0v) is 31.8. The normalized spacial score (nSPS) is 25.8. The Labute approximate surface area is 314 Å². The van der Waals surface area contributed by atoms with Crippen molar-refractivity contribution < 1.29 is 53.1 Å². The number of phenols is 7. The lowest BCUT2D eigenvalue weighted by Gasteiger charge is -2.35. The van der Waals surface area contributed by atoms with Crippen molar-refractivity contribution in [3.63, 3.8) is 0 Å². The molecule has 10 bridgehead atoms. The second kappa shape index (κ2) is 12.5. The van der Waals surface area contributed by atoms with Gasteiger partial charge in [-0.05, 0) is 48.4 Å². The topological polar surface area (TPSA) is 202 Å². The fourth-order valence-electron chi connectivity index (χ4n) is 9.52. The van der Waals surface area contributed by atoms with Crippen LogP contribution in [-0.4, -0.2) is 55.7 Å². The van der Waals surface area contributed by atoms with Crippen molar-refractivity contribution >= 4 is 15.9 Å². The fraction of sp³-hybridized carbons (Fsp3) is 0.405. The highest BCUT2D eigenvalue weighted by atomic mass is 32.2. The molecule has 0 spiro atoms. The highest BCUT2D eigenvalue weighted by Crippen LogP contribution is 2.64. The van der Waals surface area contributed by atoms with E-state index >= 15 is 0 Å². The summed E-state index contributed by atoms with van der Waals surface area (Å²) in [4.78, 5) is 13.3. The van der Waals surface area contributed by atoms with Crippen LogP contribution in [0, 0.1) is 16.7 Å². The van der Waals surface area contributed by atoms with Crippen LogP contribution in [0.4, 0.5) is 0 Å². The van der Waals surface area contributed by atoms with Crippen molar-refractivity contribution in [3.05, 3.63) is 93.0 Å². The van der Waals surface area contributed by atoms with Gasteiger partial charge in [0.05, 0.1) is 11.2 Å². The maximum absolute atomic E-state index is 14.0.